The number of nitrogens with zero attached hydrogens (tertiary/aromatic N) is 1. The van der Waals surface area contributed by atoms with Gasteiger partial charge in [-0.15, -0.1) is 0 Å². The van der Waals surface area contributed by atoms with Crippen LogP contribution in [0.3, 0.4) is 0 Å². The Hall–Kier alpha value is -1.55. The molecule has 0 spiro atoms. The molecule has 23 heavy (non-hydrogen) atoms. The molecule has 0 aromatic heterocycles. The molecular formula is C19H30N2O2. The van der Waals surface area contributed by atoms with Crippen molar-refractivity contribution < 1.29 is 9.53 Å². The van der Waals surface area contributed by atoms with Crippen molar-refractivity contribution in [3.05, 3.63) is 35.4 Å². The smallest absolute Gasteiger partial charge is 0.410 e. The fourth-order valence-corrected chi connectivity index (χ4v) is 2.47. The van der Waals surface area contributed by atoms with Crippen LogP contribution in [0.5, 0.6) is 0 Å². The topological polar surface area (TPSA) is 41.6 Å². The molecule has 1 aromatic carbocycles. The Balaban J connectivity index is 1.74. The van der Waals surface area contributed by atoms with Gasteiger partial charge < -0.3 is 15.0 Å². The van der Waals surface area contributed by atoms with Gasteiger partial charge in [-0.2, -0.15) is 0 Å². The van der Waals surface area contributed by atoms with E-state index >= 15 is 0 Å². The van der Waals surface area contributed by atoms with Gasteiger partial charge >= 0.3 is 6.09 Å². The lowest BCUT2D eigenvalue weighted by Gasteiger charge is -2.40. The van der Waals surface area contributed by atoms with Crippen LogP contribution in [0.15, 0.2) is 24.3 Å². The first-order valence-electron chi connectivity index (χ1n) is 8.35. The second-order valence-corrected chi connectivity index (χ2v) is 8.41. The second-order valence-electron chi connectivity index (χ2n) is 8.41. The van der Waals surface area contributed by atoms with Gasteiger partial charge in [-0.25, -0.2) is 4.79 Å². The van der Waals surface area contributed by atoms with Crippen molar-refractivity contribution in [1.29, 1.82) is 0 Å². The molecule has 4 nitrogen and oxygen atoms in total. The van der Waals surface area contributed by atoms with Crippen LogP contribution >= 0.6 is 0 Å². The quantitative estimate of drug-likeness (QED) is 0.924. The highest BCUT2D eigenvalue weighted by atomic mass is 16.6. The monoisotopic (exact) mass is 318 g/mol. The Morgan fingerprint density at radius 2 is 1.70 bits per heavy atom. The summed E-state index contributed by atoms with van der Waals surface area (Å²) < 4.78 is 5.36. The number of carbonyl (C=O) groups is 1. The molecule has 0 aliphatic carbocycles. The number of carbonyl (C=O) groups excluding carboxylic acids is 1. The zero-order valence-electron chi connectivity index (χ0n) is 15.3. The molecule has 1 saturated heterocycles. The number of benzene rings is 1. The van der Waals surface area contributed by atoms with E-state index in [0.29, 0.717) is 6.04 Å². The van der Waals surface area contributed by atoms with Crippen molar-refractivity contribution in [2.75, 3.05) is 13.1 Å². The molecule has 4 heteroatoms. The summed E-state index contributed by atoms with van der Waals surface area (Å²) in [5, 5.41) is 3.49. The van der Waals surface area contributed by atoms with Gasteiger partial charge in [0, 0.05) is 25.7 Å². The fourth-order valence-electron chi connectivity index (χ4n) is 2.47. The molecule has 1 N–H and O–H groups in total. The lowest BCUT2D eigenvalue weighted by molar-refractivity contribution is 0.00519. The van der Waals surface area contributed by atoms with E-state index < -0.39 is 5.60 Å². The van der Waals surface area contributed by atoms with Crippen LogP contribution in [-0.2, 0) is 16.7 Å². The molecule has 2 rings (SSSR count). The standard InChI is InChI=1S/C19H30N2O2/c1-18(2,3)15-9-7-14(8-10-15)11-20-16-12-21(13-16)17(22)23-19(4,5)6/h7-10,16,20H,11-13H2,1-6H3. The zero-order chi connectivity index (χ0) is 17.3. The molecule has 0 bridgehead atoms. The number of nitrogens with one attached hydrogen (secondary N) is 1. The average Bonchev–Trinajstić information content (AvgIpc) is 2.34. The van der Waals surface area contributed by atoms with Gasteiger partial charge in [0.2, 0.25) is 0 Å². The van der Waals surface area contributed by atoms with E-state index in [1.807, 2.05) is 20.8 Å². The number of likely N-dealkylation sites (tertiary alicyclic amines) is 1. The maximum atomic E-state index is 11.9. The Morgan fingerprint density at radius 1 is 1.13 bits per heavy atom. The van der Waals surface area contributed by atoms with Crippen LogP contribution in [0, 0.1) is 0 Å². The van der Waals surface area contributed by atoms with E-state index in [4.69, 9.17) is 4.74 Å². The minimum atomic E-state index is -0.426. The summed E-state index contributed by atoms with van der Waals surface area (Å²) in [6.07, 6.45) is -0.218. The molecule has 1 fully saturated rings. The van der Waals surface area contributed by atoms with Crippen molar-refractivity contribution in [3.8, 4) is 0 Å². The molecule has 1 aliphatic heterocycles. The lowest BCUT2D eigenvalue weighted by atomic mass is 9.87. The molecule has 1 amide bonds. The second kappa shape index (κ2) is 6.52. The lowest BCUT2D eigenvalue weighted by Crippen LogP contribution is -2.60. The van der Waals surface area contributed by atoms with Crippen molar-refractivity contribution >= 4 is 6.09 Å². The summed E-state index contributed by atoms with van der Waals surface area (Å²) in [6.45, 7) is 14.6. The van der Waals surface area contributed by atoms with E-state index in [0.717, 1.165) is 19.6 Å². The summed E-state index contributed by atoms with van der Waals surface area (Å²) >= 11 is 0. The highest BCUT2D eigenvalue weighted by Crippen LogP contribution is 2.22. The molecule has 128 valence electrons. The van der Waals surface area contributed by atoms with Crippen LogP contribution in [0.2, 0.25) is 0 Å². The third-order valence-electron chi connectivity index (χ3n) is 3.95. The number of rotatable bonds is 3. The minimum Gasteiger partial charge on any atom is -0.444 e. The number of hydrogen-bond donors (Lipinski definition) is 1. The maximum Gasteiger partial charge on any atom is 0.410 e. The van der Waals surface area contributed by atoms with Crippen LogP contribution in [0.25, 0.3) is 0 Å². The zero-order valence-corrected chi connectivity index (χ0v) is 15.3. The van der Waals surface area contributed by atoms with E-state index in [2.05, 4.69) is 50.4 Å². The van der Waals surface area contributed by atoms with Gasteiger partial charge in [0.1, 0.15) is 5.60 Å². The Morgan fingerprint density at radius 3 is 2.17 bits per heavy atom. The highest BCUT2D eigenvalue weighted by molar-refractivity contribution is 5.69. The van der Waals surface area contributed by atoms with Crippen molar-refractivity contribution in [3.63, 3.8) is 0 Å². The Labute approximate surface area is 140 Å². The molecule has 0 saturated carbocycles. The van der Waals surface area contributed by atoms with Gasteiger partial charge in [-0.05, 0) is 37.3 Å². The van der Waals surface area contributed by atoms with Crippen molar-refractivity contribution in [1.82, 2.24) is 10.2 Å². The summed E-state index contributed by atoms with van der Waals surface area (Å²) in [5.74, 6) is 0. The van der Waals surface area contributed by atoms with E-state index in [1.54, 1.807) is 4.90 Å². The predicted molar refractivity (Wildman–Crippen MR) is 93.6 cm³/mol. The molecule has 1 aromatic rings. The van der Waals surface area contributed by atoms with Crippen LogP contribution < -0.4 is 5.32 Å². The largest absolute Gasteiger partial charge is 0.444 e. The summed E-state index contributed by atoms with van der Waals surface area (Å²) in [4.78, 5) is 13.6. The van der Waals surface area contributed by atoms with Gasteiger partial charge in [0.25, 0.3) is 0 Å². The number of amides is 1. The van der Waals surface area contributed by atoms with Gasteiger partial charge in [0.05, 0.1) is 0 Å². The first kappa shape index (κ1) is 17.8. The molecule has 1 heterocycles. The van der Waals surface area contributed by atoms with E-state index in [1.165, 1.54) is 11.1 Å². The molecule has 0 unspecified atom stereocenters. The van der Waals surface area contributed by atoms with Crippen molar-refractivity contribution in [2.24, 2.45) is 0 Å². The van der Waals surface area contributed by atoms with Gasteiger partial charge in [-0.1, -0.05) is 45.0 Å². The first-order valence-corrected chi connectivity index (χ1v) is 8.35. The number of hydrogen-bond acceptors (Lipinski definition) is 3. The van der Waals surface area contributed by atoms with Crippen molar-refractivity contribution in [2.45, 2.75) is 65.1 Å². The highest BCUT2D eigenvalue weighted by Gasteiger charge is 2.33. The third-order valence-corrected chi connectivity index (χ3v) is 3.95. The van der Waals surface area contributed by atoms with Crippen LogP contribution in [-0.4, -0.2) is 35.7 Å². The number of ether oxygens (including phenoxy) is 1. The Bertz CT molecular complexity index is 532. The maximum absolute atomic E-state index is 11.9. The van der Waals surface area contributed by atoms with Crippen LogP contribution in [0.4, 0.5) is 4.79 Å². The van der Waals surface area contributed by atoms with Gasteiger partial charge in [-0.3, -0.25) is 0 Å². The summed E-state index contributed by atoms with van der Waals surface area (Å²) in [6, 6.07) is 9.11. The SMILES string of the molecule is CC(C)(C)OC(=O)N1CC(NCc2ccc(C(C)(C)C)cc2)C1. The third kappa shape index (κ3) is 5.24. The van der Waals surface area contributed by atoms with E-state index in [-0.39, 0.29) is 11.5 Å². The Kier molecular flexibility index (Phi) is 5.04. The molecular weight excluding hydrogens is 288 g/mol. The normalized spacial score (nSPS) is 16.2. The van der Waals surface area contributed by atoms with Gasteiger partial charge in [0.15, 0.2) is 0 Å². The fraction of sp³-hybridized carbons (Fsp3) is 0.632. The first-order chi connectivity index (χ1) is 10.5. The molecule has 0 radical (unpaired) electrons. The van der Waals surface area contributed by atoms with E-state index in [9.17, 15) is 4.79 Å². The summed E-state index contributed by atoms with van der Waals surface area (Å²) in [5.41, 5.74) is 2.38. The molecule has 0 atom stereocenters. The summed E-state index contributed by atoms with van der Waals surface area (Å²) in [7, 11) is 0. The molecule has 1 aliphatic rings. The average molecular weight is 318 g/mol. The minimum absolute atomic E-state index is 0.188. The predicted octanol–water partition coefficient (Wildman–Crippen LogP) is 3.69. The van der Waals surface area contributed by atoms with Crippen LogP contribution in [0.1, 0.15) is 52.7 Å².